The van der Waals surface area contributed by atoms with E-state index in [-0.39, 0.29) is 6.04 Å². The van der Waals surface area contributed by atoms with E-state index in [0.29, 0.717) is 6.04 Å². The summed E-state index contributed by atoms with van der Waals surface area (Å²) < 4.78 is 1.34. The maximum atomic E-state index is 6.28. The van der Waals surface area contributed by atoms with E-state index in [0.717, 1.165) is 10.6 Å². The quantitative estimate of drug-likeness (QED) is 0.625. The molecule has 2 atom stereocenters. The largest absolute Gasteiger partial charge is 0.303 e. The molecule has 0 radical (unpaired) electrons. The molecule has 1 heterocycles. The maximum absolute atomic E-state index is 6.28. The van der Waals surface area contributed by atoms with Crippen molar-refractivity contribution in [3.05, 3.63) is 70.1 Å². The fourth-order valence-electron chi connectivity index (χ4n) is 2.59. The van der Waals surface area contributed by atoms with E-state index < -0.39 is 0 Å². The number of rotatable bonds is 4. The van der Waals surface area contributed by atoms with Crippen LogP contribution in [0.15, 0.2) is 54.6 Å². The predicted octanol–water partition coefficient (Wildman–Crippen LogP) is 5.97. The second-order valence-electron chi connectivity index (χ2n) is 5.32. The molecule has 21 heavy (non-hydrogen) atoms. The van der Waals surface area contributed by atoms with Crippen LogP contribution in [0.5, 0.6) is 0 Å². The SMILES string of the molecule is CC(N[C@H](C)c1ccccc1Cl)c1cc2ccccc2s1. The smallest absolute Gasteiger partial charge is 0.0453 e. The van der Waals surface area contributed by atoms with Crippen molar-refractivity contribution in [3.63, 3.8) is 0 Å². The van der Waals surface area contributed by atoms with Gasteiger partial charge in [-0.2, -0.15) is 0 Å². The Morgan fingerprint density at radius 2 is 1.67 bits per heavy atom. The first kappa shape index (κ1) is 14.6. The van der Waals surface area contributed by atoms with Gasteiger partial charge in [-0.1, -0.05) is 48.0 Å². The second-order valence-corrected chi connectivity index (χ2v) is 6.84. The topological polar surface area (TPSA) is 12.0 Å². The number of nitrogens with one attached hydrogen (secondary N) is 1. The summed E-state index contributed by atoms with van der Waals surface area (Å²) in [5, 5.41) is 5.78. The molecule has 0 aliphatic rings. The van der Waals surface area contributed by atoms with Gasteiger partial charge in [0.15, 0.2) is 0 Å². The zero-order valence-electron chi connectivity index (χ0n) is 12.1. The van der Waals surface area contributed by atoms with Gasteiger partial charge in [-0.3, -0.25) is 0 Å². The molecule has 0 fully saturated rings. The molecule has 0 amide bonds. The van der Waals surface area contributed by atoms with Gasteiger partial charge in [0.1, 0.15) is 0 Å². The molecule has 0 aliphatic carbocycles. The third kappa shape index (κ3) is 3.13. The highest BCUT2D eigenvalue weighted by Crippen LogP contribution is 2.31. The van der Waals surface area contributed by atoms with E-state index >= 15 is 0 Å². The van der Waals surface area contributed by atoms with Crippen LogP contribution in [0.4, 0.5) is 0 Å². The van der Waals surface area contributed by atoms with E-state index in [1.54, 1.807) is 0 Å². The van der Waals surface area contributed by atoms with Crippen molar-refractivity contribution in [2.45, 2.75) is 25.9 Å². The van der Waals surface area contributed by atoms with Crippen molar-refractivity contribution < 1.29 is 0 Å². The van der Waals surface area contributed by atoms with Crippen molar-refractivity contribution >= 4 is 33.0 Å². The minimum atomic E-state index is 0.221. The van der Waals surface area contributed by atoms with Gasteiger partial charge in [0.25, 0.3) is 0 Å². The van der Waals surface area contributed by atoms with Crippen LogP contribution in [0.3, 0.4) is 0 Å². The van der Waals surface area contributed by atoms with Crippen LogP contribution in [0.2, 0.25) is 5.02 Å². The highest BCUT2D eigenvalue weighted by atomic mass is 35.5. The van der Waals surface area contributed by atoms with Gasteiger partial charge >= 0.3 is 0 Å². The molecule has 0 saturated heterocycles. The Hall–Kier alpha value is -1.35. The first-order chi connectivity index (χ1) is 10.1. The van der Waals surface area contributed by atoms with Crippen LogP contribution in [0.25, 0.3) is 10.1 Å². The van der Waals surface area contributed by atoms with E-state index in [2.05, 4.69) is 55.6 Å². The van der Waals surface area contributed by atoms with Gasteiger partial charge in [-0.15, -0.1) is 11.3 Å². The standard InChI is InChI=1S/C18H18ClNS/c1-12(15-8-4-5-9-16(15)19)20-13(2)18-11-14-7-3-6-10-17(14)21-18/h3-13,20H,1-2H3/t12-,13?/m1/s1. The van der Waals surface area contributed by atoms with Gasteiger partial charge in [0, 0.05) is 26.7 Å². The molecule has 3 rings (SSSR count). The summed E-state index contributed by atoms with van der Waals surface area (Å²) in [6.45, 7) is 4.36. The molecule has 1 N–H and O–H groups in total. The molecule has 0 saturated carbocycles. The Bertz CT molecular complexity index is 717. The molecule has 3 heteroatoms. The molecule has 0 spiro atoms. The number of fused-ring (bicyclic) bond motifs is 1. The van der Waals surface area contributed by atoms with Gasteiger partial charge in [0.05, 0.1) is 0 Å². The average Bonchev–Trinajstić information content (AvgIpc) is 2.91. The normalized spacial score (nSPS) is 14.2. The summed E-state index contributed by atoms with van der Waals surface area (Å²) in [4.78, 5) is 1.36. The second kappa shape index (κ2) is 6.18. The van der Waals surface area contributed by atoms with Crippen molar-refractivity contribution in [2.24, 2.45) is 0 Å². The van der Waals surface area contributed by atoms with Crippen LogP contribution in [-0.4, -0.2) is 0 Å². The molecule has 2 aromatic carbocycles. The molecule has 1 unspecified atom stereocenters. The lowest BCUT2D eigenvalue weighted by atomic mass is 10.1. The summed E-state index contributed by atoms with van der Waals surface area (Å²) >= 11 is 8.13. The van der Waals surface area contributed by atoms with Crippen molar-refractivity contribution in [3.8, 4) is 0 Å². The first-order valence-electron chi connectivity index (χ1n) is 7.14. The molecular formula is C18H18ClNS. The highest BCUT2D eigenvalue weighted by Gasteiger charge is 2.15. The van der Waals surface area contributed by atoms with Gasteiger partial charge in [0.2, 0.25) is 0 Å². The predicted molar refractivity (Wildman–Crippen MR) is 93.2 cm³/mol. The van der Waals surface area contributed by atoms with E-state index in [4.69, 9.17) is 11.6 Å². The Kier molecular flexibility index (Phi) is 4.29. The number of hydrogen-bond acceptors (Lipinski definition) is 2. The summed E-state index contributed by atoms with van der Waals surface area (Å²) in [6, 6.07) is 19.3. The van der Waals surface area contributed by atoms with E-state index in [1.165, 1.54) is 15.0 Å². The molecular weight excluding hydrogens is 298 g/mol. The van der Waals surface area contributed by atoms with Gasteiger partial charge in [-0.25, -0.2) is 0 Å². The molecule has 1 nitrogen and oxygen atoms in total. The Morgan fingerprint density at radius 3 is 2.43 bits per heavy atom. The molecule has 3 aromatic rings. The van der Waals surface area contributed by atoms with Crippen molar-refractivity contribution in [1.82, 2.24) is 5.32 Å². The first-order valence-corrected chi connectivity index (χ1v) is 8.33. The number of benzene rings is 2. The molecule has 1 aromatic heterocycles. The molecule has 0 aliphatic heterocycles. The van der Waals surface area contributed by atoms with Crippen LogP contribution in [0, 0.1) is 0 Å². The fourth-order valence-corrected chi connectivity index (χ4v) is 3.96. The van der Waals surface area contributed by atoms with Crippen LogP contribution in [-0.2, 0) is 0 Å². The lowest BCUT2D eigenvalue weighted by Crippen LogP contribution is -2.22. The van der Waals surface area contributed by atoms with E-state index in [1.807, 2.05) is 29.5 Å². The lowest BCUT2D eigenvalue weighted by molar-refractivity contribution is 0.500. The molecule has 0 bridgehead atoms. The van der Waals surface area contributed by atoms with Gasteiger partial charge in [-0.05, 0) is 43.0 Å². The van der Waals surface area contributed by atoms with Crippen molar-refractivity contribution in [2.75, 3.05) is 0 Å². The van der Waals surface area contributed by atoms with Crippen molar-refractivity contribution in [1.29, 1.82) is 0 Å². The third-order valence-electron chi connectivity index (χ3n) is 3.74. The fraction of sp³-hybridized carbons (Fsp3) is 0.222. The van der Waals surface area contributed by atoms with Gasteiger partial charge < -0.3 is 5.32 Å². The van der Waals surface area contributed by atoms with Crippen LogP contribution in [0.1, 0.15) is 36.4 Å². The minimum Gasteiger partial charge on any atom is -0.303 e. The Balaban J connectivity index is 1.79. The Labute approximate surface area is 134 Å². The number of halogens is 1. The Morgan fingerprint density at radius 1 is 0.952 bits per heavy atom. The highest BCUT2D eigenvalue weighted by molar-refractivity contribution is 7.19. The van der Waals surface area contributed by atoms with E-state index in [9.17, 15) is 0 Å². The summed E-state index contributed by atoms with van der Waals surface area (Å²) in [7, 11) is 0. The zero-order chi connectivity index (χ0) is 14.8. The number of thiophene rings is 1. The number of hydrogen-bond donors (Lipinski definition) is 1. The maximum Gasteiger partial charge on any atom is 0.0453 e. The minimum absolute atomic E-state index is 0.221. The summed E-state index contributed by atoms with van der Waals surface area (Å²) in [5.41, 5.74) is 1.15. The summed E-state index contributed by atoms with van der Waals surface area (Å²) in [6.07, 6.45) is 0. The third-order valence-corrected chi connectivity index (χ3v) is 5.39. The zero-order valence-corrected chi connectivity index (χ0v) is 13.7. The molecule has 108 valence electrons. The van der Waals surface area contributed by atoms with Crippen LogP contribution >= 0.6 is 22.9 Å². The average molecular weight is 316 g/mol. The summed E-state index contributed by atoms with van der Waals surface area (Å²) in [5.74, 6) is 0. The lowest BCUT2D eigenvalue weighted by Gasteiger charge is -2.20. The monoisotopic (exact) mass is 315 g/mol. The van der Waals surface area contributed by atoms with Crippen LogP contribution < -0.4 is 5.32 Å².